The molecule has 2 rings (SSSR count). The SMILES string of the molecule is O=c1[nH]sc2cccc(Br)c12. The predicted octanol–water partition coefficient (Wildman–Crippen LogP) is 2.35. The molecule has 2 nitrogen and oxygen atoms in total. The van der Waals surface area contributed by atoms with E-state index in [2.05, 4.69) is 20.3 Å². The topological polar surface area (TPSA) is 32.9 Å². The van der Waals surface area contributed by atoms with Crippen LogP contribution in [0, 0.1) is 0 Å². The second kappa shape index (κ2) is 2.46. The Morgan fingerprint density at radius 3 is 3.00 bits per heavy atom. The summed E-state index contributed by atoms with van der Waals surface area (Å²) in [5.41, 5.74) is -0.0162. The third-order valence-electron chi connectivity index (χ3n) is 1.46. The molecule has 0 atom stereocenters. The molecule has 0 aliphatic heterocycles. The van der Waals surface area contributed by atoms with Crippen LogP contribution in [-0.2, 0) is 0 Å². The van der Waals surface area contributed by atoms with Crippen molar-refractivity contribution in [2.45, 2.75) is 0 Å². The van der Waals surface area contributed by atoms with Gasteiger partial charge in [-0.15, -0.1) is 0 Å². The summed E-state index contributed by atoms with van der Waals surface area (Å²) >= 11 is 4.67. The summed E-state index contributed by atoms with van der Waals surface area (Å²) in [6.45, 7) is 0. The van der Waals surface area contributed by atoms with Gasteiger partial charge in [0.1, 0.15) is 0 Å². The number of fused-ring (bicyclic) bond motifs is 1. The van der Waals surface area contributed by atoms with Crippen molar-refractivity contribution >= 4 is 37.5 Å². The molecule has 4 heteroatoms. The van der Waals surface area contributed by atoms with Crippen LogP contribution in [0.5, 0.6) is 0 Å². The maximum absolute atomic E-state index is 11.1. The molecular weight excluding hydrogens is 226 g/mol. The molecular formula is C7H4BrNOS. The van der Waals surface area contributed by atoms with Crippen LogP contribution in [-0.4, -0.2) is 4.37 Å². The second-order valence-electron chi connectivity index (χ2n) is 2.15. The van der Waals surface area contributed by atoms with Gasteiger partial charge in [0.15, 0.2) is 0 Å². The summed E-state index contributed by atoms with van der Waals surface area (Å²) in [6, 6.07) is 5.70. The van der Waals surface area contributed by atoms with E-state index in [1.54, 1.807) is 0 Å². The molecule has 56 valence electrons. The van der Waals surface area contributed by atoms with Gasteiger partial charge in [-0.05, 0) is 28.1 Å². The van der Waals surface area contributed by atoms with E-state index in [0.717, 1.165) is 14.6 Å². The Morgan fingerprint density at radius 2 is 2.27 bits per heavy atom. The highest BCUT2D eigenvalue weighted by Gasteiger charge is 2.03. The van der Waals surface area contributed by atoms with Gasteiger partial charge in [0.2, 0.25) is 0 Å². The van der Waals surface area contributed by atoms with E-state index in [0.29, 0.717) is 0 Å². The van der Waals surface area contributed by atoms with Crippen molar-refractivity contribution < 1.29 is 0 Å². The average Bonchev–Trinajstić information content (AvgIpc) is 2.34. The summed E-state index contributed by atoms with van der Waals surface area (Å²) < 4.78 is 4.52. The molecule has 0 aliphatic rings. The number of hydrogen-bond donors (Lipinski definition) is 1. The van der Waals surface area contributed by atoms with Gasteiger partial charge in [-0.3, -0.25) is 9.17 Å². The lowest BCUT2D eigenvalue weighted by Gasteiger charge is -1.87. The van der Waals surface area contributed by atoms with Gasteiger partial charge >= 0.3 is 0 Å². The number of H-pyrrole nitrogens is 1. The smallest absolute Gasteiger partial charge is 0.267 e. The molecule has 0 saturated carbocycles. The van der Waals surface area contributed by atoms with Gasteiger partial charge in [0, 0.05) is 4.47 Å². The van der Waals surface area contributed by atoms with Gasteiger partial charge in [-0.2, -0.15) is 0 Å². The van der Waals surface area contributed by atoms with Crippen LogP contribution >= 0.6 is 27.5 Å². The highest BCUT2D eigenvalue weighted by molar-refractivity contribution is 9.10. The molecule has 0 aliphatic carbocycles. The molecule has 0 spiro atoms. The molecule has 0 amide bonds. The number of benzene rings is 1. The number of halogens is 1. The Kier molecular flexibility index (Phi) is 1.58. The third kappa shape index (κ3) is 1.02. The van der Waals surface area contributed by atoms with Crippen LogP contribution < -0.4 is 5.56 Å². The minimum atomic E-state index is -0.0162. The van der Waals surface area contributed by atoms with Crippen molar-refractivity contribution in [3.05, 3.63) is 33.0 Å². The third-order valence-corrected chi connectivity index (χ3v) is 2.96. The zero-order chi connectivity index (χ0) is 7.84. The van der Waals surface area contributed by atoms with Crippen molar-refractivity contribution in [2.75, 3.05) is 0 Å². The monoisotopic (exact) mass is 229 g/mol. The lowest BCUT2D eigenvalue weighted by Crippen LogP contribution is -1.96. The van der Waals surface area contributed by atoms with Crippen LogP contribution in [0.2, 0.25) is 0 Å². The highest BCUT2D eigenvalue weighted by Crippen LogP contribution is 2.22. The molecule has 11 heavy (non-hydrogen) atoms. The van der Waals surface area contributed by atoms with Crippen molar-refractivity contribution in [1.29, 1.82) is 0 Å². The first-order valence-electron chi connectivity index (χ1n) is 3.05. The van der Waals surface area contributed by atoms with Crippen LogP contribution in [0.1, 0.15) is 0 Å². The molecule has 1 N–H and O–H groups in total. The fourth-order valence-electron chi connectivity index (χ4n) is 0.962. The van der Waals surface area contributed by atoms with Crippen molar-refractivity contribution in [1.82, 2.24) is 4.37 Å². The number of rotatable bonds is 0. The average molecular weight is 230 g/mol. The Hall–Kier alpha value is -0.610. The summed E-state index contributed by atoms with van der Waals surface area (Å²) in [5, 5.41) is 0.748. The van der Waals surface area contributed by atoms with Crippen LogP contribution in [0.4, 0.5) is 0 Å². The molecule has 0 bridgehead atoms. The Labute approximate surface area is 75.1 Å². The highest BCUT2D eigenvalue weighted by atomic mass is 79.9. The van der Waals surface area contributed by atoms with Crippen LogP contribution in [0.25, 0.3) is 10.1 Å². The molecule has 1 aromatic carbocycles. The summed E-state index contributed by atoms with van der Waals surface area (Å²) in [7, 11) is 0. The van der Waals surface area contributed by atoms with Crippen molar-refractivity contribution in [2.24, 2.45) is 0 Å². The minimum absolute atomic E-state index is 0.0162. The number of aromatic amines is 1. The van der Waals surface area contributed by atoms with E-state index in [1.165, 1.54) is 11.5 Å². The number of hydrogen-bond acceptors (Lipinski definition) is 2. The van der Waals surface area contributed by atoms with Gasteiger partial charge in [0.05, 0.1) is 10.1 Å². The first kappa shape index (κ1) is 7.06. The first-order chi connectivity index (χ1) is 5.29. The normalized spacial score (nSPS) is 10.6. The van der Waals surface area contributed by atoms with E-state index in [1.807, 2.05) is 18.2 Å². The van der Waals surface area contributed by atoms with E-state index < -0.39 is 0 Å². The van der Waals surface area contributed by atoms with E-state index in [4.69, 9.17) is 0 Å². The maximum Gasteiger partial charge on any atom is 0.267 e. The molecule has 0 radical (unpaired) electrons. The fraction of sp³-hybridized carbons (Fsp3) is 0. The Bertz CT molecular complexity index is 445. The van der Waals surface area contributed by atoms with Crippen LogP contribution in [0.15, 0.2) is 27.5 Å². The maximum atomic E-state index is 11.1. The molecule has 0 fully saturated rings. The van der Waals surface area contributed by atoms with E-state index >= 15 is 0 Å². The van der Waals surface area contributed by atoms with Gasteiger partial charge in [-0.25, -0.2) is 0 Å². The van der Waals surface area contributed by atoms with E-state index in [9.17, 15) is 4.79 Å². The quantitative estimate of drug-likeness (QED) is 0.740. The predicted molar refractivity (Wildman–Crippen MR) is 50.1 cm³/mol. The zero-order valence-corrected chi connectivity index (χ0v) is 7.83. The summed E-state index contributed by atoms with van der Waals surface area (Å²) in [4.78, 5) is 11.1. The van der Waals surface area contributed by atoms with E-state index in [-0.39, 0.29) is 5.56 Å². The Balaban J connectivity index is 3.08. The first-order valence-corrected chi connectivity index (χ1v) is 4.65. The Morgan fingerprint density at radius 1 is 1.45 bits per heavy atom. The van der Waals surface area contributed by atoms with Gasteiger partial charge < -0.3 is 0 Å². The molecule has 0 saturated heterocycles. The molecule has 1 heterocycles. The standard InChI is InChI=1S/C7H4BrNOS/c8-4-2-1-3-5-6(4)7(10)9-11-5/h1-3H,(H,9,10). The minimum Gasteiger partial charge on any atom is -0.277 e. The van der Waals surface area contributed by atoms with Crippen molar-refractivity contribution in [3.63, 3.8) is 0 Å². The molecule has 2 aromatic rings. The number of aromatic nitrogens is 1. The van der Waals surface area contributed by atoms with Gasteiger partial charge in [-0.1, -0.05) is 17.6 Å². The second-order valence-corrected chi connectivity index (χ2v) is 3.85. The molecule has 0 unspecified atom stereocenters. The zero-order valence-electron chi connectivity index (χ0n) is 5.43. The largest absolute Gasteiger partial charge is 0.277 e. The van der Waals surface area contributed by atoms with Crippen molar-refractivity contribution in [3.8, 4) is 0 Å². The lowest BCUT2D eigenvalue weighted by molar-refractivity contribution is 1.46. The lowest BCUT2D eigenvalue weighted by atomic mass is 10.3. The van der Waals surface area contributed by atoms with Gasteiger partial charge in [0.25, 0.3) is 5.56 Å². The molecule has 1 aromatic heterocycles. The summed E-state index contributed by atoms with van der Waals surface area (Å²) in [5.74, 6) is 0. The van der Waals surface area contributed by atoms with Crippen LogP contribution in [0.3, 0.4) is 0 Å². The number of nitrogens with one attached hydrogen (secondary N) is 1. The summed E-state index contributed by atoms with van der Waals surface area (Å²) in [6.07, 6.45) is 0. The fourth-order valence-corrected chi connectivity index (χ4v) is 2.40.